The molecule has 1 aliphatic carbocycles. The van der Waals surface area contributed by atoms with Gasteiger partial charge >= 0.3 is 0 Å². The molecular formula is C23H29ClFN5O3. The molecule has 2 aromatic rings. The number of anilines is 2. The number of nitrogens with zero attached hydrogens (tertiary/aromatic N) is 2. The maximum Gasteiger partial charge on any atom is 0.258 e. The largest absolute Gasteiger partial charge is 0.398 e. The third-order valence-corrected chi connectivity index (χ3v) is 6.15. The van der Waals surface area contributed by atoms with E-state index in [2.05, 4.69) is 15.6 Å². The Morgan fingerprint density at radius 2 is 2.06 bits per heavy atom. The number of aliphatic hydroxyl groups is 1. The van der Waals surface area contributed by atoms with Gasteiger partial charge < -0.3 is 26.4 Å². The molecule has 2 atom stereocenters. The Kier molecular flexibility index (Phi) is 8.10. The molecule has 1 aliphatic rings. The number of nitrogens with one attached hydrogen (secondary N) is 2. The normalized spacial score (nSPS) is 17.6. The summed E-state index contributed by atoms with van der Waals surface area (Å²) in [6.45, 7) is 0.829. The van der Waals surface area contributed by atoms with Crippen LogP contribution >= 0.6 is 11.6 Å². The van der Waals surface area contributed by atoms with Gasteiger partial charge in [-0.1, -0.05) is 11.6 Å². The Bertz CT molecular complexity index is 1030. The number of benzene rings is 1. The first-order valence-corrected chi connectivity index (χ1v) is 11.2. The van der Waals surface area contributed by atoms with Crippen LogP contribution in [0.2, 0.25) is 5.02 Å². The lowest BCUT2D eigenvalue weighted by molar-refractivity contribution is -0.125. The van der Waals surface area contributed by atoms with Crippen molar-refractivity contribution < 1.29 is 19.1 Å². The Hall–Kier alpha value is -2.91. The van der Waals surface area contributed by atoms with E-state index in [4.69, 9.17) is 22.4 Å². The fourth-order valence-corrected chi connectivity index (χ4v) is 4.29. The molecule has 0 spiro atoms. The molecule has 0 bridgehead atoms. The standard InChI is InChI=1S/C23H29ClFN5O3/c1-30(2)23(33)20-18(26)6-5-15(21(20)25)16-12-29-19(10-17(16)24)28-11-13-3-4-14(9-13)22(32)27-7-8-31/h5-6,10,12-14,31H,3-4,7-9,11,26H2,1-2H3,(H,27,32)(H,28,29). The van der Waals surface area contributed by atoms with E-state index in [-0.39, 0.29) is 46.8 Å². The van der Waals surface area contributed by atoms with Gasteiger partial charge in [0.25, 0.3) is 5.91 Å². The Balaban J connectivity index is 1.69. The van der Waals surface area contributed by atoms with Crippen molar-refractivity contribution in [2.45, 2.75) is 19.3 Å². The van der Waals surface area contributed by atoms with Gasteiger partial charge in [-0.25, -0.2) is 9.37 Å². The van der Waals surface area contributed by atoms with Gasteiger partial charge in [-0.3, -0.25) is 9.59 Å². The first-order chi connectivity index (χ1) is 15.7. The summed E-state index contributed by atoms with van der Waals surface area (Å²) in [5.74, 6) is -0.491. The summed E-state index contributed by atoms with van der Waals surface area (Å²) in [6.07, 6.45) is 3.94. The molecule has 1 heterocycles. The van der Waals surface area contributed by atoms with Crippen molar-refractivity contribution >= 4 is 34.9 Å². The summed E-state index contributed by atoms with van der Waals surface area (Å²) < 4.78 is 15.2. The van der Waals surface area contributed by atoms with Crippen LogP contribution in [0.3, 0.4) is 0 Å². The molecule has 10 heteroatoms. The first kappa shape index (κ1) is 24.7. The van der Waals surface area contributed by atoms with Gasteiger partial charge in [0.2, 0.25) is 5.91 Å². The van der Waals surface area contributed by atoms with Crippen molar-refractivity contribution in [3.63, 3.8) is 0 Å². The fourth-order valence-electron chi connectivity index (χ4n) is 4.04. The SMILES string of the molecule is CN(C)C(=O)c1c(N)ccc(-c2cnc(NCC3CCC(C(=O)NCCO)C3)cc2Cl)c1F. The third kappa shape index (κ3) is 5.72. The molecule has 178 valence electrons. The monoisotopic (exact) mass is 477 g/mol. The van der Waals surface area contributed by atoms with Crippen LogP contribution in [-0.2, 0) is 4.79 Å². The number of carbonyl (C=O) groups excluding carboxylic acids is 2. The lowest BCUT2D eigenvalue weighted by atomic mass is 10.0. The number of carbonyl (C=O) groups is 2. The lowest BCUT2D eigenvalue weighted by Gasteiger charge is -2.16. The van der Waals surface area contributed by atoms with E-state index in [9.17, 15) is 9.59 Å². The number of rotatable bonds is 8. The molecule has 8 nitrogen and oxygen atoms in total. The average molecular weight is 478 g/mol. The van der Waals surface area contributed by atoms with Crippen LogP contribution in [0.4, 0.5) is 15.9 Å². The fraction of sp³-hybridized carbons (Fsp3) is 0.435. The number of halogens is 2. The number of hydrogen-bond donors (Lipinski definition) is 4. The summed E-state index contributed by atoms with van der Waals surface area (Å²) >= 11 is 6.43. The molecule has 3 rings (SSSR count). The van der Waals surface area contributed by atoms with E-state index in [1.165, 1.54) is 37.3 Å². The second kappa shape index (κ2) is 10.8. The van der Waals surface area contributed by atoms with Crippen LogP contribution in [-0.4, -0.2) is 60.6 Å². The van der Waals surface area contributed by atoms with Crippen molar-refractivity contribution in [3.8, 4) is 11.1 Å². The van der Waals surface area contributed by atoms with Gasteiger partial charge in [-0.15, -0.1) is 0 Å². The molecule has 2 amide bonds. The topological polar surface area (TPSA) is 121 Å². The Morgan fingerprint density at radius 3 is 2.73 bits per heavy atom. The maximum atomic E-state index is 15.2. The highest BCUT2D eigenvalue weighted by Gasteiger charge is 2.29. The number of amides is 2. The molecule has 1 aromatic carbocycles. The first-order valence-electron chi connectivity index (χ1n) is 10.8. The molecule has 1 fully saturated rings. The summed E-state index contributed by atoms with van der Waals surface area (Å²) in [7, 11) is 3.05. The molecule has 0 radical (unpaired) electrons. The third-order valence-electron chi connectivity index (χ3n) is 5.83. The molecule has 5 N–H and O–H groups in total. The van der Waals surface area contributed by atoms with Crippen molar-refractivity contribution in [2.75, 3.05) is 44.8 Å². The summed E-state index contributed by atoms with van der Waals surface area (Å²) in [5, 5.41) is 15.1. The van der Waals surface area contributed by atoms with Crippen LogP contribution < -0.4 is 16.4 Å². The van der Waals surface area contributed by atoms with Crippen molar-refractivity contribution in [1.29, 1.82) is 0 Å². The van der Waals surface area contributed by atoms with Crippen LogP contribution in [0.1, 0.15) is 29.6 Å². The maximum absolute atomic E-state index is 15.2. The number of nitrogen functional groups attached to an aromatic ring is 1. The van der Waals surface area contributed by atoms with Gasteiger partial charge in [-0.2, -0.15) is 0 Å². The summed E-state index contributed by atoms with van der Waals surface area (Å²) in [5.41, 5.74) is 6.19. The Morgan fingerprint density at radius 1 is 1.30 bits per heavy atom. The minimum atomic E-state index is -0.741. The number of hydrogen-bond acceptors (Lipinski definition) is 6. The molecule has 1 aromatic heterocycles. The van der Waals surface area contributed by atoms with Gasteiger partial charge in [0, 0.05) is 56.1 Å². The molecule has 0 saturated heterocycles. The zero-order valence-electron chi connectivity index (χ0n) is 18.7. The van der Waals surface area contributed by atoms with E-state index in [1.54, 1.807) is 6.07 Å². The van der Waals surface area contributed by atoms with Gasteiger partial charge in [-0.05, 0) is 43.4 Å². The van der Waals surface area contributed by atoms with Crippen LogP contribution in [0.25, 0.3) is 11.1 Å². The number of aromatic nitrogens is 1. The second-order valence-corrected chi connectivity index (χ2v) is 8.82. The smallest absolute Gasteiger partial charge is 0.258 e. The van der Waals surface area contributed by atoms with Crippen LogP contribution in [0, 0.1) is 17.7 Å². The molecule has 0 aliphatic heterocycles. The molecular weight excluding hydrogens is 449 g/mol. The van der Waals surface area contributed by atoms with E-state index >= 15 is 4.39 Å². The van der Waals surface area contributed by atoms with E-state index in [0.717, 1.165) is 19.3 Å². The van der Waals surface area contributed by atoms with Gasteiger partial charge in [0.15, 0.2) is 0 Å². The predicted octanol–water partition coefficient (Wildman–Crippen LogP) is 2.76. The number of pyridine rings is 1. The number of nitrogens with two attached hydrogens (primary N) is 1. The van der Waals surface area contributed by atoms with Crippen LogP contribution in [0.5, 0.6) is 0 Å². The number of aliphatic hydroxyl groups excluding tert-OH is 1. The van der Waals surface area contributed by atoms with Crippen LogP contribution in [0.15, 0.2) is 24.4 Å². The molecule has 1 saturated carbocycles. The quantitative estimate of drug-likeness (QED) is 0.434. The Labute approximate surface area is 197 Å². The second-order valence-electron chi connectivity index (χ2n) is 8.41. The van der Waals surface area contributed by atoms with E-state index in [1.807, 2.05) is 0 Å². The van der Waals surface area contributed by atoms with Gasteiger partial charge in [0.05, 0.1) is 17.2 Å². The minimum absolute atomic E-state index is 0.0188. The van der Waals surface area contributed by atoms with Gasteiger partial charge in [0.1, 0.15) is 11.6 Å². The van der Waals surface area contributed by atoms with Crippen molar-refractivity contribution in [1.82, 2.24) is 15.2 Å². The average Bonchev–Trinajstić information content (AvgIpc) is 3.26. The zero-order valence-corrected chi connectivity index (χ0v) is 19.5. The van der Waals surface area contributed by atoms with E-state index in [0.29, 0.717) is 23.8 Å². The predicted molar refractivity (Wildman–Crippen MR) is 126 cm³/mol. The van der Waals surface area contributed by atoms with E-state index < -0.39 is 11.7 Å². The summed E-state index contributed by atoms with van der Waals surface area (Å²) in [4.78, 5) is 30.0. The lowest BCUT2D eigenvalue weighted by Crippen LogP contribution is -2.31. The summed E-state index contributed by atoms with van der Waals surface area (Å²) in [6, 6.07) is 4.57. The highest BCUT2D eigenvalue weighted by molar-refractivity contribution is 6.33. The zero-order chi connectivity index (χ0) is 24.1. The minimum Gasteiger partial charge on any atom is -0.398 e. The van der Waals surface area contributed by atoms with Crippen molar-refractivity contribution in [3.05, 3.63) is 40.8 Å². The molecule has 2 unspecified atom stereocenters. The highest BCUT2D eigenvalue weighted by Crippen LogP contribution is 2.35. The van der Waals surface area contributed by atoms with Crippen molar-refractivity contribution in [2.24, 2.45) is 11.8 Å². The molecule has 33 heavy (non-hydrogen) atoms. The highest BCUT2D eigenvalue weighted by atomic mass is 35.5.